The van der Waals surface area contributed by atoms with Gasteiger partial charge in [0.15, 0.2) is 11.5 Å². The minimum absolute atomic E-state index is 0.0715. The van der Waals surface area contributed by atoms with Crippen LogP contribution in [0.15, 0.2) is 35.4 Å². The van der Waals surface area contributed by atoms with Crippen molar-refractivity contribution in [1.82, 2.24) is 5.43 Å². The van der Waals surface area contributed by atoms with Gasteiger partial charge in [0.05, 0.1) is 38.0 Å². The number of hydrogen-bond donors (Lipinski definition) is 1. The van der Waals surface area contributed by atoms with Crippen molar-refractivity contribution in [2.24, 2.45) is 5.10 Å². The molecule has 0 saturated carbocycles. The second-order valence-electron chi connectivity index (χ2n) is 6.04. The third kappa shape index (κ3) is 6.84. The van der Waals surface area contributed by atoms with Gasteiger partial charge in [-0.3, -0.25) is 4.79 Å². The summed E-state index contributed by atoms with van der Waals surface area (Å²) in [5, 5.41) is 4.89. The van der Waals surface area contributed by atoms with E-state index in [9.17, 15) is 4.79 Å². The van der Waals surface area contributed by atoms with E-state index in [1.54, 1.807) is 37.4 Å². The fourth-order valence-electron chi connectivity index (χ4n) is 2.47. The molecular formula is C21H24Cl2N2O4. The highest BCUT2D eigenvalue weighted by molar-refractivity contribution is 6.32. The fourth-order valence-corrected chi connectivity index (χ4v) is 2.93. The molecule has 0 aromatic heterocycles. The molecular weight excluding hydrogens is 415 g/mol. The number of amides is 1. The predicted octanol–water partition coefficient (Wildman–Crippen LogP) is 4.88. The largest absolute Gasteiger partial charge is 0.497 e. The number of benzene rings is 2. The van der Waals surface area contributed by atoms with Crippen molar-refractivity contribution in [3.05, 3.63) is 51.5 Å². The number of nitrogens with one attached hydrogen (secondary N) is 1. The van der Waals surface area contributed by atoms with E-state index in [1.165, 1.54) is 6.21 Å². The van der Waals surface area contributed by atoms with Crippen LogP contribution < -0.4 is 19.6 Å². The standard InChI is InChI=1S/C21H24Cl2N2O4/c1-4-8-29-21-18(23)9-14(10-19(21)28-5-2)13-24-25-20(26)12-15-11-16(27-3)6-7-17(15)22/h6-7,9-11,13H,4-5,8,12H2,1-3H3,(H,25,26)/b24-13+. The normalized spacial score (nSPS) is 10.8. The Labute approximate surface area is 180 Å². The highest BCUT2D eigenvalue weighted by atomic mass is 35.5. The number of hydrazone groups is 1. The third-order valence-corrected chi connectivity index (χ3v) is 4.44. The summed E-state index contributed by atoms with van der Waals surface area (Å²) in [5.41, 5.74) is 3.80. The molecule has 29 heavy (non-hydrogen) atoms. The lowest BCUT2D eigenvalue weighted by Crippen LogP contribution is -2.20. The maximum atomic E-state index is 12.2. The Morgan fingerprint density at radius 2 is 1.93 bits per heavy atom. The summed E-state index contributed by atoms with van der Waals surface area (Å²) < 4.78 is 16.4. The molecule has 0 heterocycles. The number of hydrogen-bond acceptors (Lipinski definition) is 5. The van der Waals surface area contributed by atoms with Crippen molar-refractivity contribution in [2.45, 2.75) is 26.7 Å². The van der Waals surface area contributed by atoms with Gasteiger partial charge in [-0.2, -0.15) is 5.10 Å². The molecule has 2 aromatic carbocycles. The lowest BCUT2D eigenvalue weighted by atomic mass is 10.1. The van der Waals surface area contributed by atoms with Crippen LogP contribution in [0.1, 0.15) is 31.4 Å². The van der Waals surface area contributed by atoms with Crippen LogP contribution in [0.25, 0.3) is 0 Å². The lowest BCUT2D eigenvalue weighted by Gasteiger charge is -2.13. The molecule has 0 fully saturated rings. The molecule has 0 unspecified atom stereocenters. The van der Waals surface area contributed by atoms with Crippen molar-refractivity contribution in [3.8, 4) is 17.2 Å². The Hall–Kier alpha value is -2.44. The Morgan fingerprint density at radius 3 is 2.62 bits per heavy atom. The van der Waals surface area contributed by atoms with Gasteiger partial charge in [0, 0.05) is 5.02 Å². The number of methoxy groups -OCH3 is 1. The minimum Gasteiger partial charge on any atom is -0.497 e. The molecule has 156 valence electrons. The first-order valence-corrected chi connectivity index (χ1v) is 9.97. The van der Waals surface area contributed by atoms with Crippen LogP contribution in [0.3, 0.4) is 0 Å². The molecule has 1 N–H and O–H groups in total. The van der Waals surface area contributed by atoms with Gasteiger partial charge in [-0.15, -0.1) is 0 Å². The summed E-state index contributed by atoms with van der Waals surface area (Å²) in [6.07, 6.45) is 2.42. The van der Waals surface area contributed by atoms with Crippen molar-refractivity contribution < 1.29 is 19.0 Å². The minimum atomic E-state index is -0.310. The van der Waals surface area contributed by atoms with Gasteiger partial charge in [0.25, 0.3) is 0 Å². The van der Waals surface area contributed by atoms with Crippen molar-refractivity contribution in [3.63, 3.8) is 0 Å². The van der Waals surface area contributed by atoms with Crippen LogP contribution in [0, 0.1) is 0 Å². The number of ether oxygens (including phenoxy) is 3. The third-order valence-electron chi connectivity index (χ3n) is 3.79. The van der Waals surface area contributed by atoms with Crippen LogP contribution in [0.4, 0.5) is 0 Å². The zero-order valence-electron chi connectivity index (χ0n) is 16.6. The highest BCUT2D eigenvalue weighted by Crippen LogP contribution is 2.36. The second kappa shape index (κ2) is 11.5. The van der Waals surface area contributed by atoms with E-state index in [2.05, 4.69) is 10.5 Å². The summed E-state index contributed by atoms with van der Waals surface area (Å²) >= 11 is 12.4. The van der Waals surface area contributed by atoms with E-state index < -0.39 is 0 Å². The average molecular weight is 439 g/mol. The first kappa shape index (κ1) is 22.8. The van der Waals surface area contributed by atoms with Crippen molar-refractivity contribution >= 4 is 35.3 Å². The summed E-state index contributed by atoms with van der Waals surface area (Å²) in [4.78, 5) is 12.2. The predicted molar refractivity (Wildman–Crippen MR) is 116 cm³/mol. The van der Waals surface area contributed by atoms with E-state index in [-0.39, 0.29) is 12.3 Å². The van der Waals surface area contributed by atoms with Crippen LogP contribution >= 0.6 is 23.2 Å². The number of halogens is 2. The van der Waals surface area contributed by atoms with Gasteiger partial charge >= 0.3 is 0 Å². The van der Waals surface area contributed by atoms with Gasteiger partial charge < -0.3 is 14.2 Å². The average Bonchev–Trinajstić information content (AvgIpc) is 2.69. The zero-order valence-corrected chi connectivity index (χ0v) is 18.1. The maximum absolute atomic E-state index is 12.2. The van der Waals surface area contributed by atoms with Crippen LogP contribution in [-0.2, 0) is 11.2 Å². The first-order valence-electron chi connectivity index (χ1n) is 9.21. The lowest BCUT2D eigenvalue weighted by molar-refractivity contribution is -0.120. The molecule has 0 saturated heterocycles. The summed E-state index contributed by atoms with van der Waals surface area (Å²) in [7, 11) is 1.55. The summed E-state index contributed by atoms with van der Waals surface area (Å²) in [6.45, 7) is 4.90. The van der Waals surface area contributed by atoms with Crippen LogP contribution in [0.2, 0.25) is 10.0 Å². The monoisotopic (exact) mass is 438 g/mol. The first-order chi connectivity index (χ1) is 14.0. The molecule has 2 rings (SSSR count). The molecule has 0 aliphatic rings. The van der Waals surface area contributed by atoms with E-state index in [1.807, 2.05) is 13.8 Å². The van der Waals surface area contributed by atoms with Crippen LogP contribution in [-0.4, -0.2) is 32.4 Å². The maximum Gasteiger partial charge on any atom is 0.244 e. The summed E-state index contributed by atoms with van der Waals surface area (Å²) in [5.74, 6) is 1.35. The Balaban J connectivity index is 2.06. The van der Waals surface area contributed by atoms with E-state index in [0.717, 1.165) is 6.42 Å². The quantitative estimate of drug-likeness (QED) is 0.423. The molecule has 8 heteroatoms. The molecule has 6 nitrogen and oxygen atoms in total. The van der Waals surface area contributed by atoms with Gasteiger partial charge in [0.2, 0.25) is 5.91 Å². The van der Waals surface area contributed by atoms with Gasteiger partial charge in [-0.1, -0.05) is 30.1 Å². The molecule has 2 aromatic rings. The molecule has 1 amide bonds. The number of nitrogens with zero attached hydrogens (tertiary/aromatic N) is 1. The number of rotatable bonds is 10. The summed E-state index contributed by atoms with van der Waals surface area (Å²) in [6, 6.07) is 8.59. The van der Waals surface area contributed by atoms with Crippen molar-refractivity contribution in [2.75, 3.05) is 20.3 Å². The fraction of sp³-hybridized carbons (Fsp3) is 0.333. The van der Waals surface area contributed by atoms with E-state index >= 15 is 0 Å². The second-order valence-corrected chi connectivity index (χ2v) is 6.85. The Bertz CT molecular complexity index is 872. The molecule has 0 aliphatic carbocycles. The SMILES string of the molecule is CCCOc1c(Cl)cc(/C=N/NC(=O)Cc2cc(OC)ccc2Cl)cc1OCC. The van der Waals surface area contributed by atoms with Gasteiger partial charge in [-0.05, 0) is 54.8 Å². The smallest absolute Gasteiger partial charge is 0.244 e. The topological polar surface area (TPSA) is 69.2 Å². The number of carbonyl (C=O) groups is 1. The van der Waals surface area contributed by atoms with E-state index in [4.69, 9.17) is 37.4 Å². The van der Waals surface area contributed by atoms with Gasteiger partial charge in [0.1, 0.15) is 5.75 Å². The number of carbonyl (C=O) groups excluding carboxylic acids is 1. The van der Waals surface area contributed by atoms with Crippen molar-refractivity contribution in [1.29, 1.82) is 0 Å². The Morgan fingerprint density at radius 1 is 1.14 bits per heavy atom. The van der Waals surface area contributed by atoms with E-state index in [0.29, 0.717) is 51.6 Å². The molecule has 0 radical (unpaired) electrons. The molecule has 0 spiro atoms. The molecule has 0 aliphatic heterocycles. The zero-order chi connectivity index (χ0) is 21.2. The van der Waals surface area contributed by atoms with Gasteiger partial charge in [-0.25, -0.2) is 5.43 Å². The Kier molecular flexibility index (Phi) is 9.09. The molecule has 0 bridgehead atoms. The highest BCUT2D eigenvalue weighted by Gasteiger charge is 2.12. The molecule has 0 atom stereocenters. The van der Waals surface area contributed by atoms with Crippen LogP contribution in [0.5, 0.6) is 17.2 Å².